The molecule has 2 atom stereocenters. The number of nitrogen functional groups attached to an aromatic ring is 1. The molecule has 2 N–H and O–H groups in total. The SMILES string of the molecule is CS(=O)(=O)C1CCCC(Oc2ccc(N)c(F)c2)C1. The van der Waals surface area contributed by atoms with Gasteiger partial charge in [-0.25, -0.2) is 12.8 Å². The Morgan fingerprint density at radius 2 is 2.11 bits per heavy atom. The number of ether oxygens (including phenoxy) is 1. The van der Waals surface area contributed by atoms with Crippen LogP contribution in [0.3, 0.4) is 0 Å². The largest absolute Gasteiger partial charge is 0.490 e. The van der Waals surface area contributed by atoms with Crippen LogP contribution >= 0.6 is 0 Å². The Labute approximate surface area is 112 Å². The maximum Gasteiger partial charge on any atom is 0.150 e. The summed E-state index contributed by atoms with van der Waals surface area (Å²) in [5.74, 6) is -0.126. The van der Waals surface area contributed by atoms with Crippen LogP contribution in [0.4, 0.5) is 10.1 Å². The number of nitrogens with two attached hydrogens (primary N) is 1. The van der Waals surface area contributed by atoms with Gasteiger partial charge in [0, 0.05) is 18.7 Å². The summed E-state index contributed by atoms with van der Waals surface area (Å²) in [4.78, 5) is 0. The van der Waals surface area contributed by atoms with E-state index < -0.39 is 15.7 Å². The van der Waals surface area contributed by atoms with Crippen molar-refractivity contribution >= 4 is 15.5 Å². The number of anilines is 1. The third-order valence-corrected chi connectivity index (χ3v) is 5.10. The molecule has 4 nitrogen and oxygen atoms in total. The van der Waals surface area contributed by atoms with Crippen LogP contribution in [0.5, 0.6) is 5.75 Å². The number of benzene rings is 1. The van der Waals surface area contributed by atoms with Crippen molar-refractivity contribution in [3.05, 3.63) is 24.0 Å². The van der Waals surface area contributed by atoms with Crippen molar-refractivity contribution in [3.63, 3.8) is 0 Å². The van der Waals surface area contributed by atoms with Crippen LogP contribution in [-0.2, 0) is 9.84 Å². The van der Waals surface area contributed by atoms with Crippen LogP contribution in [0.1, 0.15) is 25.7 Å². The molecule has 0 spiro atoms. The first-order valence-corrected chi connectivity index (χ1v) is 8.22. The van der Waals surface area contributed by atoms with Crippen molar-refractivity contribution < 1.29 is 17.5 Å². The first-order chi connectivity index (χ1) is 8.86. The summed E-state index contributed by atoms with van der Waals surface area (Å²) in [6.45, 7) is 0. The Balaban J connectivity index is 2.04. The predicted molar refractivity (Wildman–Crippen MR) is 72.3 cm³/mol. The normalized spacial score (nSPS) is 24.1. The van der Waals surface area contributed by atoms with Crippen LogP contribution in [0, 0.1) is 5.82 Å². The van der Waals surface area contributed by atoms with Gasteiger partial charge in [-0.3, -0.25) is 0 Å². The van der Waals surface area contributed by atoms with Gasteiger partial charge in [0.1, 0.15) is 21.4 Å². The quantitative estimate of drug-likeness (QED) is 0.865. The second-order valence-electron chi connectivity index (χ2n) is 5.04. The number of halogens is 1. The van der Waals surface area contributed by atoms with Gasteiger partial charge in [0.15, 0.2) is 0 Å². The van der Waals surface area contributed by atoms with E-state index in [0.29, 0.717) is 18.6 Å². The van der Waals surface area contributed by atoms with E-state index in [2.05, 4.69) is 0 Å². The van der Waals surface area contributed by atoms with E-state index in [1.807, 2.05) is 0 Å². The molecule has 0 aromatic heterocycles. The molecular formula is C13H18FNO3S. The third-order valence-electron chi connectivity index (χ3n) is 3.46. The fraction of sp³-hybridized carbons (Fsp3) is 0.538. The monoisotopic (exact) mass is 287 g/mol. The van der Waals surface area contributed by atoms with E-state index in [1.165, 1.54) is 18.4 Å². The first-order valence-electron chi connectivity index (χ1n) is 6.27. The maximum atomic E-state index is 13.3. The Bertz CT molecular complexity index is 559. The molecule has 0 saturated heterocycles. The lowest BCUT2D eigenvalue weighted by atomic mass is 9.97. The second-order valence-corrected chi connectivity index (χ2v) is 7.37. The molecule has 106 valence electrons. The molecule has 1 aliphatic carbocycles. The molecule has 19 heavy (non-hydrogen) atoms. The van der Waals surface area contributed by atoms with Gasteiger partial charge in [0.25, 0.3) is 0 Å². The molecule has 0 heterocycles. The van der Waals surface area contributed by atoms with Gasteiger partial charge in [0.05, 0.1) is 17.0 Å². The summed E-state index contributed by atoms with van der Waals surface area (Å²) in [7, 11) is -3.04. The molecule has 2 unspecified atom stereocenters. The van der Waals surface area contributed by atoms with E-state index in [9.17, 15) is 12.8 Å². The third kappa shape index (κ3) is 3.59. The maximum absolute atomic E-state index is 13.3. The van der Waals surface area contributed by atoms with Gasteiger partial charge in [-0.15, -0.1) is 0 Å². The Kier molecular flexibility index (Phi) is 3.99. The topological polar surface area (TPSA) is 69.4 Å². The van der Waals surface area contributed by atoms with Crippen LogP contribution in [0.25, 0.3) is 0 Å². The number of hydrogen-bond donors (Lipinski definition) is 1. The average molecular weight is 287 g/mol. The van der Waals surface area contributed by atoms with E-state index in [4.69, 9.17) is 10.5 Å². The van der Waals surface area contributed by atoms with Gasteiger partial charge in [-0.2, -0.15) is 0 Å². The highest BCUT2D eigenvalue weighted by atomic mass is 32.2. The second kappa shape index (κ2) is 5.36. The van der Waals surface area contributed by atoms with Crippen LogP contribution < -0.4 is 10.5 Å². The van der Waals surface area contributed by atoms with Crippen molar-refractivity contribution in [2.45, 2.75) is 37.0 Å². The highest BCUT2D eigenvalue weighted by molar-refractivity contribution is 7.91. The number of sulfone groups is 1. The Morgan fingerprint density at radius 3 is 2.74 bits per heavy atom. The van der Waals surface area contributed by atoms with E-state index in [-0.39, 0.29) is 17.0 Å². The smallest absolute Gasteiger partial charge is 0.150 e. The summed E-state index contributed by atoms with van der Waals surface area (Å²) in [5.41, 5.74) is 5.47. The predicted octanol–water partition coefficient (Wildman–Crippen LogP) is 2.14. The fourth-order valence-electron chi connectivity index (χ4n) is 2.37. The minimum absolute atomic E-state index is 0.0741. The molecule has 1 saturated carbocycles. The molecule has 0 radical (unpaired) electrons. The van der Waals surface area contributed by atoms with Gasteiger partial charge >= 0.3 is 0 Å². The first kappa shape index (κ1) is 14.1. The van der Waals surface area contributed by atoms with Gasteiger partial charge in [-0.1, -0.05) is 0 Å². The van der Waals surface area contributed by atoms with Crippen LogP contribution in [0.2, 0.25) is 0 Å². The molecule has 0 amide bonds. The lowest BCUT2D eigenvalue weighted by Gasteiger charge is -2.28. The van der Waals surface area contributed by atoms with Crippen molar-refractivity contribution in [2.75, 3.05) is 12.0 Å². The number of hydrogen-bond acceptors (Lipinski definition) is 4. The standard InChI is InChI=1S/C13H18FNO3S/c1-19(16,17)11-4-2-3-9(7-11)18-10-5-6-13(15)12(14)8-10/h5-6,8-9,11H,2-4,7,15H2,1H3. The van der Waals surface area contributed by atoms with E-state index in [1.54, 1.807) is 6.07 Å². The van der Waals surface area contributed by atoms with Gasteiger partial charge in [-0.05, 0) is 31.4 Å². The zero-order valence-electron chi connectivity index (χ0n) is 10.8. The highest BCUT2D eigenvalue weighted by Gasteiger charge is 2.29. The minimum atomic E-state index is -3.04. The molecule has 1 aromatic rings. The highest BCUT2D eigenvalue weighted by Crippen LogP contribution is 2.28. The summed E-state index contributed by atoms with van der Waals surface area (Å²) in [6.07, 6.45) is 3.80. The molecule has 6 heteroatoms. The summed E-state index contributed by atoms with van der Waals surface area (Å²) >= 11 is 0. The average Bonchev–Trinajstić information content (AvgIpc) is 2.33. The molecule has 0 aliphatic heterocycles. The molecule has 1 aliphatic rings. The zero-order chi connectivity index (χ0) is 14.0. The van der Waals surface area contributed by atoms with Crippen molar-refractivity contribution in [3.8, 4) is 5.75 Å². The molecule has 1 fully saturated rings. The van der Waals surface area contributed by atoms with Crippen LogP contribution in [0.15, 0.2) is 18.2 Å². The van der Waals surface area contributed by atoms with Crippen molar-refractivity contribution in [1.82, 2.24) is 0 Å². The molecule has 2 rings (SSSR count). The zero-order valence-corrected chi connectivity index (χ0v) is 11.6. The molecule has 0 bridgehead atoms. The van der Waals surface area contributed by atoms with E-state index >= 15 is 0 Å². The van der Waals surface area contributed by atoms with Crippen molar-refractivity contribution in [1.29, 1.82) is 0 Å². The van der Waals surface area contributed by atoms with Crippen molar-refractivity contribution in [2.24, 2.45) is 0 Å². The van der Waals surface area contributed by atoms with Gasteiger partial charge in [0.2, 0.25) is 0 Å². The summed E-state index contributed by atoms with van der Waals surface area (Å²) in [5, 5.41) is -0.357. The fourth-order valence-corrected chi connectivity index (χ4v) is 3.53. The molecular weight excluding hydrogens is 269 g/mol. The van der Waals surface area contributed by atoms with E-state index in [0.717, 1.165) is 12.8 Å². The lowest BCUT2D eigenvalue weighted by Crippen LogP contribution is -2.33. The summed E-state index contributed by atoms with van der Waals surface area (Å²) < 4.78 is 42.1. The minimum Gasteiger partial charge on any atom is -0.490 e. The molecule has 1 aromatic carbocycles. The summed E-state index contributed by atoms with van der Waals surface area (Å²) in [6, 6.07) is 4.28. The lowest BCUT2D eigenvalue weighted by molar-refractivity contribution is 0.156. The van der Waals surface area contributed by atoms with Crippen LogP contribution in [-0.4, -0.2) is 26.0 Å². The Hall–Kier alpha value is -1.30. The Morgan fingerprint density at radius 1 is 1.37 bits per heavy atom. The number of rotatable bonds is 3. The van der Waals surface area contributed by atoms with Gasteiger partial charge < -0.3 is 10.5 Å².